The van der Waals surface area contributed by atoms with Crippen molar-refractivity contribution in [3.8, 4) is 56.9 Å². The Kier molecular flexibility index (Phi) is 11.0. The number of benzene rings is 8. The molecular weight excluding hydrogens is 1070 g/mol. The molecule has 0 aliphatic carbocycles. The van der Waals surface area contributed by atoms with Crippen molar-refractivity contribution in [2.24, 2.45) is 0 Å². The molecule has 0 atom stereocenters. The Labute approximate surface area is 487 Å². The van der Waals surface area contributed by atoms with Gasteiger partial charge in [0.05, 0.1) is 39.1 Å². The lowest BCUT2D eigenvalue weighted by Crippen LogP contribution is -2.04. The molecule has 12 heteroatoms. The molecule has 0 saturated heterocycles. The van der Waals surface area contributed by atoms with Gasteiger partial charge in [-0.25, -0.2) is 24.9 Å². The largest absolute Gasteiger partial charge is 0.277 e. The molecule has 0 aliphatic heterocycles. The fourth-order valence-corrected chi connectivity index (χ4v) is 14.7. The third-order valence-corrected chi connectivity index (χ3v) is 18.3. The van der Waals surface area contributed by atoms with Crippen molar-refractivity contribution in [3.63, 3.8) is 0 Å². The first-order chi connectivity index (χ1) is 41.7. The first kappa shape index (κ1) is 47.8. The highest BCUT2D eigenvalue weighted by atomic mass is 32.1. The first-order valence-corrected chi connectivity index (χ1v) is 29.3. The highest BCUT2D eigenvalue weighted by Gasteiger charge is 2.27. The number of nitrogens with zero attached hydrogens (tertiary/aromatic N) is 10. The van der Waals surface area contributed by atoms with Crippen LogP contribution in [0.2, 0.25) is 0 Å². The fraction of sp³-hybridized carbons (Fsp3) is 0. The Hall–Kier alpha value is -10.9. The van der Waals surface area contributed by atoms with Crippen LogP contribution in [-0.4, -0.2) is 49.0 Å². The standard InChI is InChI=1S/2C36H21N5S/c1-3-10-22(11-4-1)27-20-28(23-12-5-2-6-13-23)40-36(39-27)41-29-15-9-18-38-33(29)31-26-21-37-19-17-24(26)35-32(34(31)41)25-14-7-8-16-30(25)42-35;1-3-10-22(11-4-1)28-20-30(40-35(39-28)23-12-5-2-6-13-23)41-33-31(26-15-9-18-38-36(26)41)24-17-19-37-21-27(24)34-32(33)25-14-7-8-16-29(25)42-34/h2*1-21H. The number of rotatable bonds is 6. The minimum absolute atomic E-state index is 0.614. The summed E-state index contributed by atoms with van der Waals surface area (Å²) in [6, 6.07) is 75.1. The zero-order chi connectivity index (χ0) is 55.2. The molecule has 0 amide bonds. The van der Waals surface area contributed by atoms with Crippen LogP contribution >= 0.6 is 22.7 Å². The number of hydrogen-bond acceptors (Lipinski definition) is 10. The van der Waals surface area contributed by atoms with E-state index in [2.05, 4.69) is 153 Å². The number of fused-ring (bicyclic) bond motifs is 20. The smallest absolute Gasteiger partial charge is 0.235 e. The molecule has 18 aromatic rings. The SMILES string of the molecule is c1ccc(-c2cc(-c3ccccc3)nc(-n3c4cccnc4c4c5cnccc5c5sc6ccccc6c5c43)n2)cc1.c1ccc(-c2cc(-n3c4ncccc4c4c5ccncc5c5sc6ccccc6c5c43)nc(-c3ccccc3)n2)cc1. The topological polar surface area (TPSA) is 113 Å². The van der Waals surface area contributed by atoms with Crippen molar-refractivity contribution in [3.05, 3.63) is 256 Å². The van der Waals surface area contributed by atoms with Crippen LogP contribution in [0.1, 0.15) is 0 Å². The van der Waals surface area contributed by atoms with E-state index in [1.807, 2.05) is 145 Å². The second-order valence-electron chi connectivity index (χ2n) is 20.6. The van der Waals surface area contributed by atoms with Gasteiger partial charge >= 0.3 is 0 Å². The van der Waals surface area contributed by atoms with E-state index in [9.17, 15) is 0 Å². The van der Waals surface area contributed by atoms with Gasteiger partial charge < -0.3 is 0 Å². The maximum atomic E-state index is 5.24. The highest BCUT2D eigenvalue weighted by Crippen LogP contribution is 2.49. The van der Waals surface area contributed by atoms with Crippen molar-refractivity contribution in [1.29, 1.82) is 0 Å². The molecule has 0 aliphatic rings. The maximum Gasteiger partial charge on any atom is 0.235 e. The van der Waals surface area contributed by atoms with Crippen LogP contribution in [0.5, 0.6) is 0 Å². The molecule has 0 N–H and O–H groups in total. The van der Waals surface area contributed by atoms with Crippen molar-refractivity contribution >= 4 is 128 Å². The number of thiophene rings is 2. The Bertz CT molecular complexity index is 5160. The molecule has 0 radical (unpaired) electrons. The Morgan fingerprint density at radius 1 is 0.333 bits per heavy atom. The van der Waals surface area contributed by atoms with Crippen molar-refractivity contribution < 1.29 is 0 Å². The van der Waals surface area contributed by atoms with Crippen molar-refractivity contribution in [2.45, 2.75) is 0 Å². The van der Waals surface area contributed by atoms with Crippen LogP contribution < -0.4 is 0 Å². The van der Waals surface area contributed by atoms with Crippen molar-refractivity contribution in [2.75, 3.05) is 0 Å². The molecule has 84 heavy (non-hydrogen) atoms. The highest BCUT2D eigenvalue weighted by molar-refractivity contribution is 7.27. The first-order valence-electron chi connectivity index (χ1n) is 27.6. The normalized spacial score (nSPS) is 11.8. The Morgan fingerprint density at radius 2 is 0.845 bits per heavy atom. The summed E-state index contributed by atoms with van der Waals surface area (Å²) in [7, 11) is 0. The van der Waals surface area contributed by atoms with Gasteiger partial charge in [-0.1, -0.05) is 158 Å². The molecule has 18 rings (SSSR count). The van der Waals surface area contributed by atoms with E-state index in [4.69, 9.17) is 29.9 Å². The lowest BCUT2D eigenvalue weighted by atomic mass is 10.0. The second kappa shape index (κ2) is 19.4. The molecule has 0 bridgehead atoms. The molecule has 10 heterocycles. The van der Waals surface area contributed by atoms with Gasteiger partial charge in [0, 0.05) is 138 Å². The number of aromatic nitrogens is 10. The van der Waals surface area contributed by atoms with Gasteiger partial charge in [-0.2, -0.15) is 0 Å². The van der Waals surface area contributed by atoms with Gasteiger partial charge in [0.15, 0.2) is 5.82 Å². The molecule has 0 saturated carbocycles. The summed E-state index contributed by atoms with van der Waals surface area (Å²) in [5.74, 6) is 2.07. The van der Waals surface area contributed by atoms with E-state index in [0.717, 1.165) is 105 Å². The zero-order valence-corrected chi connectivity index (χ0v) is 46.2. The van der Waals surface area contributed by atoms with Crippen LogP contribution in [0.25, 0.3) is 163 Å². The summed E-state index contributed by atoms with van der Waals surface area (Å²) >= 11 is 3.63. The van der Waals surface area contributed by atoms with Gasteiger partial charge in [0.2, 0.25) is 5.95 Å². The van der Waals surface area contributed by atoms with Crippen LogP contribution in [0.15, 0.2) is 256 Å². The average Bonchev–Trinajstić information content (AvgIpc) is 1.64. The molecule has 392 valence electrons. The van der Waals surface area contributed by atoms with E-state index in [1.165, 1.54) is 45.7 Å². The summed E-state index contributed by atoms with van der Waals surface area (Å²) in [5, 5.41) is 12.7. The quantitative estimate of drug-likeness (QED) is 0.162. The predicted molar refractivity (Wildman–Crippen MR) is 346 cm³/mol. The van der Waals surface area contributed by atoms with E-state index in [0.29, 0.717) is 11.8 Å². The van der Waals surface area contributed by atoms with Crippen molar-refractivity contribution in [1.82, 2.24) is 49.0 Å². The molecule has 10 aromatic heterocycles. The monoisotopic (exact) mass is 1110 g/mol. The van der Waals surface area contributed by atoms with Gasteiger partial charge in [-0.05, 0) is 60.0 Å². The third-order valence-electron chi connectivity index (χ3n) is 15.9. The third kappa shape index (κ3) is 7.55. The molecule has 0 spiro atoms. The minimum Gasteiger partial charge on any atom is -0.277 e. The van der Waals surface area contributed by atoms with Crippen LogP contribution in [0.4, 0.5) is 0 Å². The molecule has 8 aromatic carbocycles. The summed E-state index contributed by atoms with van der Waals surface area (Å²) in [5.41, 5.74) is 11.6. The summed E-state index contributed by atoms with van der Waals surface area (Å²) in [4.78, 5) is 39.7. The Balaban J connectivity index is 0.000000132. The van der Waals surface area contributed by atoms with Gasteiger partial charge in [0.1, 0.15) is 11.5 Å². The summed E-state index contributed by atoms with van der Waals surface area (Å²) in [6.45, 7) is 0. The van der Waals surface area contributed by atoms with Crippen LogP contribution in [-0.2, 0) is 0 Å². The molecule has 10 nitrogen and oxygen atoms in total. The van der Waals surface area contributed by atoms with Crippen LogP contribution in [0, 0.1) is 0 Å². The maximum absolute atomic E-state index is 5.24. The second-order valence-corrected chi connectivity index (χ2v) is 22.8. The van der Waals surface area contributed by atoms with E-state index < -0.39 is 0 Å². The Morgan fingerprint density at radius 3 is 1.49 bits per heavy atom. The molecule has 0 fully saturated rings. The van der Waals surface area contributed by atoms with Gasteiger partial charge in [-0.3, -0.25) is 24.1 Å². The van der Waals surface area contributed by atoms with E-state index >= 15 is 0 Å². The van der Waals surface area contributed by atoms with E-state index in [1.54, 1.807) is 0 Å². The number of hydrogen-bond donors (Lipinski definition) is 0. The van der Waals surface area contributed by atoms with Crippen LogP contribution in [0.3, 0.4) is 0 Å². The predicted octanol–water partition coefficient (Wildman–Crippen LogP) is 18.4. The molecule has 0 unspecified atom stereocenters. The fourth-order valence-electron chi connectivity index (χ4n) is 12.3. The summed E-state index contributed by atoms with van der Waals surface area (Å²) in [6.07, 6.45) is 11.5. The molecular formula is C72H42N10S2. The summed E-state index contributed by atoms with van der Waals surface area (Å²) < 4.78 is 9.39. The number of pyridine rings is 4. The van der Waals surface area contributed by atoms with Gasteiger partial charge in [0.25, 0.3) is 0 Å². The van der Waals surface area contributed by atoms with E-state index in [-0.39, 0.29) is 0 Å². The lowest BCUT2D eigenvalue weighted by molar-refractivity contribution is 0.997. The zero-order valence-electron chi connectivity index (χ0n) is 44.5. The van der Waals surface area contributed by atoms with Gasteiger partial charge in [-0.15, -0.1) is 22.7 Å². The lowest BCUT2D eigenvalue weighted by Gasteiger charge is -2.12. The minimum atomic E-state index is 0.614. The average molecular weight is 1110 g/mol.